The van der Waals surface area contributed by atoms with Gasteiger partial charge in [0.05, 0.1) is 6.10 Å². The van der Waals surface area contributed by atoms with E-state index < -0.39 is 11.7 Å². The largest absolute Gasteiger partial charge is 0.376 e. The first-order chi connectivity index (χ1) is 14.5. The van der Waals surface area contributed by atoms with Crippen LogP contribution in [-0.2, 0) is 19.1 Å². The van der Waals surface area contributed by atoms with Crippen LogP contribution >= 0.6 is 11.3 Å². The van der Waals surface area contributed by atoms with Crippen LogP contribution in [0.1, 0.15) is 25.7 Å². The molecule has 3 rings (SSSR count). The monoisotopic (exact) mass is 434 g/mol. The Hall–Kier alpha value is -2.85. The Morgan fingerprint density at radius 3 is 2.67 bits per heavy atom. The van der Waals surface area contributed by atoms with Crippen LogP contribution in [0.4, 0.5) is 15.2 Å². The number of thiazole rings is 1. The van der Waals surface area contributed by atoms with Crippen LogP contribution in [0.5, 0.6) is 0 Å². The van der Waals surface area contributed by atoms with Gasteiger partial charge in [-0.25, -0.2) is 9.37 Å². The number of aromatic nitrogens is 1. The first-order valence-electron chi connectivity index (χ1n) is 9.65. The van der Waals surface area contributed by atoms with Gasteiger partial charge in [-0.2, -0.15) is 0 Å². The summed E-state index contributed by atoms with van der Waals surface area (Å²) in [6.07, 6.45) is 3.23. The molecule has 160 valence electrons. The lowest BCUT2D eigenvalue weighted by Gasteiger charge is -2.23. The molecule has 2 N–H and O–H groups in total. The van der Waals surface area contributed by atoms with Crippen molar-refractivity contribution >= 4 is 39.9 Å². The maximum absolute atomic E-state index is 13.3. The second-order valence-corrected chi connectivity index (χ2v) is 7.68. The molecule has 0 spiro atoms. The maximum atomic E-state index is 13.3. The van der Waals surface area contributed by atoms with Gasteiger partial charge in [0, 0.05) is 43.3 Å². The summed E-state index contributed by atoms with van der Waals surface area (Å²) in [6, 6.07) is 5.29. The Balaban J connectivity index is 1.58. The predicted octanol–water partition coefficient (Wildman–Crippen LogP) is 2.33. The summed E-state index contributed by atoms with van der Waals surface area (Å²) in [7, 11) is 0. The quantitative estimate of drug-likeness (QED) is 0.631. The highest BCUT2D eigenvalue weighted by atomic mass is 32.1. The lowest BCUT2D eigenvalue weighted by atomic mass is 10.2. The van der Waals surface area contributed by atoms with Crippen molar-refractivity contribution in [3.63, 3.8) is 0 Å². The summed E-state index contributed by atoms with van der Waals surface area (Å²) < 4.78 is 18.8. The molecular weight excluding hydrogens is 411 g/mol. The molecule has 1 aromatic carbocycles. The third-order valence-electron chi connectivity index (χ3n) is 4.54. The van der Waals surface area contributed by atoms with Crippen molar-refractivity contribution in [2.24, 2.45) is 0 Å². The van der Waals surface area contributed by atoms with Gasteiger partial charge in [-0.05, 0) is 37.1 Å². The Labute approximate surface area is 177 Å². The molecule has 0 unspecified atom stereocenters. The van der Waals surface area contributed by atoms with Gasteiger partial charge in [-0.15, -0.1) is 11.3 Å². The first kappa shape index (κ1) is 21.8. The fraction of sp³-hybridized carbons (Fsp3) is 0.400. The van der Waals surface area contributed by atoms with Gasteiger partial charge in [0.15, 0.2) is 5.13 Å². The van der Waals surface area contributed by atoms with Crippen LogP contribution in [0, 0.1) is 5.82 Å². The number of rotatable bonds is 9. The van der Waals surface area contributed by atoms with E-state index in [1.807, 2.05) is 0 Å². The number of carbonyl (C=O) groups excluding carboxylic acids is 3. The van der Waals surface area contributed by atoms with Gasteiger partial charge in [-0.3, -0.25) is 14.4 Å². The van der Waals surface area contributed by atoms with Gasteiger partial charge in [0.1, 0.15) is 12.4 Å². The molecule has 1 atom stereocenters. The molecule has 1 aliphatic rings. The SMILES string of the molecule is O=C(CN(C(=O)CCC(=O)Nc1nccs1)c1ccc(F)cc1)NC[C@H]1CCCO1. The molecule has 0 radical (unpaired) electrons. The number of anilines is 2. The number of ether oxygens (including phenoxy) is 1. The van der Waals surface area contributed by atoms with E-state index in [0.29, 0.717) is 24.0 Å². The van der Waals surface area contributed by atoms with Gasteiger partial charge >= 0.3 is 0 Å². The highest BCUT2D eigenvalue weighted by Gasteiger charge is 2.22. The van der Waals surface area contributed by atoms with Gasteiger partial charge < -0.3 is 20.3 Å². The summed E-state index contributed by atoms with van der Waals surface area (Å²) in [5, 5.41) is 7.56. The van der Waals surface area contributed by atoms with E-state index in [0.717, 1.165) is 12.8 Å². The highest BCUT2D eigenvalue weighted by Crippen LogP contribution is 2.17. The molecule has 1 aliphatic heterocycles. The van der Waals surface area contributed by atoms with Crippen LogP contribution < -0.4 is 15.5 Å². The van der Waals surface area contributed by atoms with Crippen LogP contribution in [-0.4, -0.2) is 48.5 Å². The van der Waals surface area contributed by atoms with Crippen molar-refractivity contribution in [2.45, 2.75) is 31.8 Å². The average Bonchev–Trinajstić information content (AvgIpc) is 3.44. The van der Waals surface area contributed by atoms with E-state index >= 15 is 0 Å². The molecule has 1 fully saturated rings. The predicted molar refractivity (Wildman–Crippen MR) is 111 cm³/mol. The fourth-order valence-electron chi connectivity index (χ4n) is 3.00. The molecule has 2 aromatic rings. The Bertz CT molecular complexity index is 854. The third-order valence-corrected chi connectivity index (χ3v) is 5.23. The minimum atomic E-state index is -0.447. The van der Waals surface area contributed by atoms with Crippen molar-refractivity contribution in [3.8, 4) is 0 Å². The molecular formula is C20H23FN4O4S. The number of nitrogens with one attached hydrogen (secondary N) is 2. The number of nitrogens with zero attached hydrogens (tertiary/aromatic N) is 2. The minimum absolute atomic E-state index is 0.0153. The number of halogens is 1. The van der Waals surface area contributed by atoms with Crippen LogP contribution in [0.15, 0.2) is 35.8 Å². The standard InChI is InChI=1S/C20H23FN4O4S/c21-14-3-5-15(6-4-14)25(13-18(27)23-12-16-2-1-10-29-16)19(28)8-7-17(26)24-20-22-9-11-30-20/h3-6,9,11,16H,1-2,7-8,10,12-13H2,(H,23,27)(H,22,24,26)/t16-/m1/s1. The summed E-state index contributed by atoms with van der Waals surface area (Å²) >= 11 is 1.28. The number of benzene rings is 1. The third kappa shape index (κ3) is 6.60. The molecule has 2 heterocycles. The Morgan fingerprint density at radius 2 is 2.00 bits per heavy atom. The summed E-state index contributed by atoms with van der Waals surface area (Å²) in [5.74, 6) is -1.56. The molecule has 0 bridgehead atoms. The molecule has 8 nitrogen and oxygen atoms in total. The number of hydrogen-bond donors (Lipinski definition) is 2. The lowest BCUT2D eigenvalue weighted by Crippen LogP contribution is -2.43. The van der Waals surface area contributed by atoms with Crippen LogP contribution in [0.2, 0.25) is 0 Å². The number of hydrogen-bond acceptors (Lipinski definition) is 6. The fourth-order valence-corrected chi connectivity index (χ4v) is 3.54. The topological polar surface area (TPSA) is 101 Å². The van der Waals surface area contributed by atoms with E-state index in [1.165, 1.54) is 40.5 Å². The van der Waals surface area contributed by atoms with Gasteiger partial charge in [0.2, 0.25) is 17.7 Å². The second-order valence-electron chi connectivity index (χ2n) is 6.78. The second kappa shape index (κ2) is 10.8. The van der Waals surface area contributed by atoms with E-state index in [-0.39, 0.29) is 37.3 Å². The zero-order valence-electron chi connectivity index (χ0n) is 16.3. The molecule has 10 heteroatoms. The van der Waals surface area contributed by atoms with Crippen LogP contribution in [0.3, 0.4) is 0 Å². The normalized spacial score (nSPS) is 15.6. The first-order valence-corrected chi connectivity index (χ1v) is 10.5. The zero-order valence-corrected chi connectivity index (χ0v) is 17.1. The number of carbonyl (C=O) groups is 3. The van der Waals surface area contributed by atoms with Crippen molar-refractivity contribution < 1.29 is 23.5 Å². The Morgan fingerprint density at radius 1 is 1.20 bits per heavy atom. The molecule has 1 aromatic heterocycles. The molecule has 30 heavy (non-hydrogen) atoms. The zero-order chi connectivity index (χ0) is 21.3. The highest BCUT2D eigenvalue weighted by molar-refractivity contribution is 7.13. The van der Waals surface area contributed by atoms with Crippen molar-refractivity contribution in [1.29, 1.82) is 0 Å². The summed E-state index contributed by atoms with van der Waals surface area (Å²) in [6.45, 7) is 0.829. The van der Waals surface area contributed by atoms with E-state index in [4.69, 9.17) is 4.74 Å². The van der Waals surface area contributed by atoms with Crippen LogP contribution in [0.25, 0.3) is 0 Å². The molecule has 3 amide bonds. The maximum Gasteiger partial charge on any atom is 0.240 e. The molecule has 0 aliphatic carbocycles. The van der Waals surface area contributed by atoms with E-state index in [2.05, 4.69) is 15.6 Å². The van der Waals surface area contributed by atoms with Gasteiger partial charge in [0.25, 0.3) is 0 Å². The van der Waals surface area contributed by atoms with Crippen molar-refractivity contribution in [2.75, 3.05) is 29.9 Å². The van der Waals surface area contributed by atoms with E-state index in [9.17, 15) is 18.8 Å². The molecule has 1 saturated heterocycles. The summed E-state index contributed by atoms with van der Waals surface area (Å²) in [4.78, 5) is 42.4. The van der Waals surface area contributed by atoms with E-state index in [1.54, 1.807) is 11.6 Å². The van der Waals surface area contributed by atoms with Crippen molar-refractivity contribution in [3.05, 3.63) is 41.7 Å². The smallest absolute Gasteiger partial charge is 0.240 e. The minimum Gasteiger partial charge on any atom is -0.376 e. The van der Waals surface area contributed by atoms with Gasteiger partial charge in [-0.1, -0.05) is 0 Å². The number of amides is 3. The average molecular weight is 434 g/mol. The summed E-state index contributed by atoms with van der Waals surface area (Å²) in [5.41, 5.74) is 0.383. The lowest BCUT2D eigenvalue weighted by molar-refractivity contribution is -0.125. The Kier molecular flexibility index (Phi) is 7.86. The van der Waals surface area contributed by atoms with Crippen molar-refractivity contribution in [1.82, 2.24) is 10.3 Å². The molecule has 0 saturated carbocycles.